The van der Waals surface area contributed by atoms with Gasteiger partial charge in [-0.05, 0) is 25.7 Å². The van der Waals surface area contributed by atoms with Gasteiger partial charge in [0.15, 0.2) is 5.96 Å². The van der Waals surface area contributed by atoms with Crippen LogP contribution in [0.1, 0.15) is 51.3 Å². The predicted octanol–water partition coefficient (Wildman–Crippen LogP) is 2.46. The Bertz CT molecular complexity index is 439. The van der Waals surface area contributed by atoms with Crippen LogP contribution in [0.2, 0.25) is 0 Å². The molecular weight excluding hydrogens is 391 g/mol. The maximum Gasteiger partial charge on any atom is 0.191 e. The Morgan fingerprint density at radius 2 is 2.14 bits per heavy atom. The lowest BCUT2D eigenvalue weighted by atomic mass is 10.0. The van der Waals surface area contributed by atoms with E-state index in [0.717, 1.165) is 30.8 Å². The molecule has 126 valence electrons. The molecule has 0 saturated heterocycles. The van der Waals surface area contributed by atoms with Gasteiger partial charge < -0.3 is 10.6 Å². The Balaban J connectivity index is 0.00000242. The lowest BCUT2D eigenvalue weighted by Crippen LogP contribution is -2.37. The topological polar surface area (TPSA) is 67.1 Å². The average Bonchev–Trinajstić information content (AvgIpc) is 3.12. The van der Waals surface area contributed by atoms with Crippen molar-refractivity contribution in [2.45, 2.75) is 52.0 Å². The monoisotopic (exact) mass is 420 g/mol. The van der Waals surface area contributed by atoms with Gasteiger partial charge in [0.05, 0.1) is 0 Å². The molecule has 0 atom stereocenters. The summed E-state index contributed by atoms with van der Waals surface area (Å²) in [6.07, 6.45) is 9.85. The summed E-state index contributed by atoms with van der Waals surface area (Å²) in [5.41, 5.74) is 0. The van der Waals surface area contributed by atoms with Crippen LogP contribution in [0.15, 0.2) is 11.3 Å². The molecule has 22 heavy (non-hydrogen) atoms. The highest BCUT2D eigenvalue weighted by Gasteiger charge is 2.13. The van der Waals surface area contributed by atoms with Gasteiger partial charge >= 0.3 is 0 Å². The van der Waals surface area contributed by atoms with Gasteiger partial charge in [-0.2, -0.15) is 5.10 Å². The van der Waals surface area contributed by atoms with Crippen LogP contribution >= 0.6 is 24.0 Å². The van der Waals surface area contributed by atoms with Gasteiger partial charge in [0.2, 0.25) is 0 Å². The minimum absolute atomic E-state index is 0. The highest BCUT2D eigenvalue weighted by Crippen LogP contribution is 2.28. The van der Waals surface area contributed by atoms with Gasteiger partial charge in [-0.1, -0.05) is 25.7 Å². The van der Waals surface area contributed by atoms with Gasteiger partial charge in [-0.3, -0.25) is 4.68 Å². The maximum absolute atomic E-state index is 4.56. The number of aromatic nitrogens is 3. The molecule has 0 radical (unpaired) electrons. The number of halogens is 1. The van der Waals surface area contributed by atoms with E-state index in [2.05, 4.69) is 32.6 Å². The molecule has 1 fully saturated rings. The van der Waals surface area contributed by atoms with Gasteiger partial charge in [0.1, 0.15) is 18.7 Å². The third-order valence-corrected chi connectivity index (χ3v) is 4.08. The number of hydrogen-bond acceptors (Lipinski definition) is 3. The fourth-order valence-electron chi connectivity index (χ4n) is 2.85. The molecule has 2 N–H and O–H groups in total. The third-order valence-electron chi connectivity index (χ3n) is 4.08. The molecule has 1 saturated carbocycles. The molecule has 0 aliphatic heterocycles. The molecule has 2 rings (SSSR count). The zero-order valence-electron chi connectivity index (χ0n) is 13.7. The van der Waals surface area contributed by atoms with Crippen molar-refractivity contribution in [2.24, 2.45) is 18.0 Å². The largest absolute Gasteiger partial charge is 0.357 e. The van der Waals surface area contributed by atoms with Crippen molar-refractivity contribution in [3.63, 3.8) is 0 Å². The van der Waals surface area contributed by atoms with E-state index in [1.165, 1.54) is 38.5 Å². The summed E-state index contributed by atoms with van der Waals surface area (Å²) >= 11 is 0. The van der Waals surface area contributed by atoms with E-state index in [1.54, 1.807) is 11.0 Å². The second kappa shape index (κ2) is 10.8. The summed E-state index contributed by atoms with van der Waals surface area (Å²) in [5, 5.41) is 10.7. The molecule has 0 unspecified atom stereocenters. The van der Waals surface area contributed by atoms with E-state index in [4.69, 9.17) is 0 Å². The molecule has 1 aliphatic rings. The predicted molar refractivity (Wildman–Crippen MR) is 100 cm³/mol. The van der Waals surface area contributed by atoms with E-state index in [-0.39, 0.29) is 24.0 Å². The molecular formula is C15H29IN6. The summed E-state index contributed by atoms with van der Waals surface area (Å²) < 4.78 is 1.76. The number of guanidine groups is 1. The zero-order valence-corrected chi connectivity index (χ0v) is 16.0. The van der Waals surface area contributed by atoms with Crippen LogP contribution in [-0.4, -0.2) is 33.8 Å². The summed E-state index contributed by atoms with van der Waals surface area (Å²) in [6, 6.07) is 0. The first-order valence-corrected chi connectivity index (χ1v) is 8.14. The van der Waals surface area contributed by atoms with Crippen LogP contribution in [0.5, 0.6) is 0 Å². The highest BCUT2D eigenvalue weighted by molar-refractivity contribution is 14.0. The van der Waals surface area contributed by atoms with Crippen LogP contribution in [-0.2, 0) is 13.6 Å². The SMILES string of the molecule is CCNC(=NCc1ncnn1C)NCCCC1CCCC1.I. The first kappa shape index (κ1) is 19.2. The van der Waals surface area contributed by atoms with E-state index in [0.29, 0.717) is 6.54 Å². The number of rotatable bonds is 7. The Morgan fingerprint density at radius 1 is 1.36 bits per heavy atom. The normalized spacial score (nSPS) is 15.6. The first-order chi connectivity index (χ1) is 10.3. The number of nitrogens with zero attached hydrogens (tertiary/aromatic N) is 4. The molecule has 1 aromatic heterocycles. The molecule has 1 heterocycles. The number of nitrogens with one attached hydrogen (secondary N) is 2. The van der Waals surface area contributed by atoms with Gasteiger partial charge in [0.25, 0.3) is 0 Å². The van der Waals surface area contributed by atoms with Crippen LogP contribution in [0.4, 0.5) is 0 Å². The summed E-state index contributed by atoms with van der Waals surface area (Å²) in [5.74, 6) is 2.70. The highest BCUT2D eigenvalue weighted by atomic mass is 127. The van der Waals surface area contributed by atoms with Gasteiger partial charge in [0, 0.05) is 20.1 Å². The summed E-state index contributed by atoms with van der Waals surface area (Å²) in [4.78, 5) is 8.74. The van der Waals surface area contributed by atoms with Crippen molar-refractivity contribution in [3.05, 3.63) is 12.2 Å². The fraction of sp³-hybridized carbons (Fsp3) is 0.800. The lowest BCUT2D eigenvalue weighted by Gasteiger charge is -2.12. The Kier molecular flexibility index (Phi) is 9.42. The molecule has 0 bridgehead atoms. The molecule has 1 aromatic rings. The number of aryl methyl sites for hydroxylation is 1. The standard InChI is InChI=1S/C15H28N6.HI/c1-3-16-15(18-11-14-19-12-20-21(14)2)17-10-6-9-13-7-4-5-8-13;/h12-13H,3-11H2,1-2H3,(H2,16,17,18);1H. The van der Waals surface area contributed by atoms with Crippen molar-refractivity contribution in [3.8, 4) is 0 Å². The second-order valence-corrected chi connectivity index (χ2v) is 5.71. The van der Waals surface area contributed by atoms with E-state index >= 15 is 0 Å². The Morgan fingerprint density at radius 3 is 2.77 bits per heavy atom. The molecule has 6 nitrogen and oxygen atoms in total. The third kappa shape index (κ3) is 6.50. The molecule has 1 aliphatic carbocycles. The smallest absolute Gasteiger partial charge is 0.191 e. The Hall–Kier alpha value is -0.860. The van der Waals surface area contributed by atoms with E-state index < -0.39 is 0 Å². The van der Waals surface area contributed by atoms with E-state index in [9.17, 15) is 0 Å². The van der Waals surface area contributed by atoms with Gasteiger partial charge in [-0.15, -0.1) is 24.0 Å². The number of aliphatic imine (C=N–C) groups is 1. The van der Waals surface area contributed by atoms with Crippen LogP contribution in [0.25, 0.3) is 0 Å². The molecule has 0 aromatic carbocycles. The fourth-order valence-corrected chi connectivity index (χ4v) is 2.85. The minimum Gasteiger partial charge on any atom is -0.357 e. The van der Waals surface area contributed by atoms with E-state index in [1.807, 2.05) is 7.05 Å². The molecule has 0 spiro atoms. The van der Waals surface area contributed by atoms with Crippen molar-refractivity contribution < 1.29 is 0 Å². The number of hydrogen-bond donors (Lipinski definition) is 2. The van der Waals surface area contributed by atoms with Crippen LogP contribution < -0.4 is 10.6 Å². The van der Waals surface area contributed by atoms with Crippen molar-refractivity contribution in [1.29, 1.82) is 0 Å². The first-order valence-electron chi connectivity index (χ1n) is 8.14. The quantitative estimate of drug-likeness (QED) is 0.308. The minimum atomic E-state index is 0. The Labute approximate surface area is 150 Å². The van der Waals surface area contributed by atoms with Gasteiger partial charge in [-0.25, -0.2) is 9.98 Å². The van der Waals surface area contributed by atoms with Crippen molar-refractivity contribution in [2.75, 3.05) is 13.1 Å². The summed E-state index contributed by atoms with van der Waals surface area (Å²) in [7, 11) is 1.89. The van der Waals surface area contributed by atoms with Crippen LogP contribution in [0.3, 0.4) is 0 Å². The average molecular weight is 420 g/mol. The zero-order chi connectivity index (χ0) is 14.9. The second-order valence-electron chi connectivity index (χ2n) is 5.71. The maximum atomic E-state index is 4.56. The van der Waals surface area contributed by atoms with Crippen molar-refractivity contribution >= 4 is 29.9 Å². The van der Waals surface area contributed by atoms with Crippen LogP contribution in [0, 0.1) is 5.92 Å². The molecule has 7 heteroatoms. The lowest BCUT2D eigenvalue weighted by molar-refractivity contribution is 0.481. The summed E-state index contributed by atoms with van der Waals surface area (Å²) in [6.45, 7) is 4.49. The molecule has 0 amide bonds. The van der Waals surface area contributed by atoms with Crippen molar-refractivity contribution in [1.82, 2.24) is 25.4 Å².